The number of ether oxygens (including phenoxy) is 1. The number of carbonyl (C=O) groups excluding carboxylic acids is 2. The lowest BCUT2D eigenvalue weighted by Gasteiger charge is -2.34. The minimum Gasteiger partial charge on any atom is -0.479 e. The number of benzene rings is 2. The predicted molar refractivity (Wildman–Crippen MR) is 119 cm³/mol. The zero-order valence-corrected chi connectivity index (χ0v) is 18.6. The van der Waals surface area contributed by atoms with Crippen LogP contribution >= 0.6 is 0 Å². The summed E-state index contributed by atoms with van der Waals surface area (Å²) >= 11 is 0. The molecule has 1 saturated heterocycles. The molecule has 1 atom stereocenters. The van der Waals surface area contributed by atoms with Crippen LogP contribution in [-0.2, 0) is 21.2 Å². The van der Waals surface area contributed by atoms with Crippen LogP contribution in [0.15, 0.2) is 53.4 Å². The van der Waals surface area contributed by atoms with Gasteiger partial charge in [0.15, 0.2) is 6.10 Å². The molecule has 2 aromatic carbocycles. The second kappa shape index (κ2) is 9.17. The summed E-state index contributed by atoms with van der Waals surface area (Å²) in [6.07, 6.45) is 0.107. The molecule has 0 saturated carbocycles. The van der Waals surface area contributed by atoms with Gasteiger partial charge in [-0.25, -0.2) is 13.2 Å². The van der Waals surface area contributed by atoms with Gasteiger partial charge in [0.25, 0.3) is 5.91 Å². The smallest absolute Gasteiger partial charge is 0.317 e. The molecular formula is C22H26N4O5S. The van der Waals surface area contributed by atoms with E-state index < -0.39 is 16.1 Å². The van der Waals surface area contributed by atoms with Crippen molar-refractivity contribution in [2.75, 3.05) is 38.0 Å². The maximum absolute atomic E-state index is 13.1. The number of fused-ring (bicyclic) bond motifs is 1. The molecule has 2 aliphatic heterocycles. The second-order valence-corrected chi connectivity index (χ2v) is 9.70. The Kier molecular flexibility index (Phi) is 6.33. The highest BCUT2D eigenvalue weighted by molar-refractivity contribution is 7.89. The predicted octanol–water partition coefficient (Wildman–Crippen LogP) is 1.66. The van der Waals surface area contributed by atoms with Crippen molar-refractivity contribution in [2.45, 2.75) is 24.3 Å². The Labute approximate surface area is 187 Å². The fraction of sp³-hybridized carbons (Fsp3) is 0.364. The Morgan fingerprint density at radius 2 is 1.84 bits per heavy atom. The number of hydrogen-bond acceptors (Lipinski definition) is 5. The van der Waals surface area contributed by atoms with Crippen LogP contribution < -0.4 is 15.4 Å². The first kappa shape index (κ1) is 22.1. The fourth-order valence-electron chi connectivity index (χ4n) is 3.70. The number of nitrogens with zero attached hydrogens (tertiary/aromatic N) is 2. The molecule has 32 heavy (non-hydrogen) atoms. The van der Waals surface area contributed by atoms with Crippen LogP contribution in [0.4, 0.5) is 10.5 Å². The molecule has 1 unspecified atom stereocenters. The Morgan fingerprint density at radius 3 is 2.56 bits per heavy atom. The number of hydrogen-bond donors (Lipinski definition) is 2. The van der Waals surface area contributed by atoms with Crippen molar-refractivity contribution in [3.05, 3.63) is 54.1 Å². The number of sulfonamides is 1. The van der Waals surface area contributed by atoms with Gasteiger partial charge < -0.3 is 20.3 Å². The highest BCUT2D eigenvalue weighted by Crippen LogP contribution is 2.32. The molecule has 2 heterocycles. The Balaban J connectivity index is 1.33. The van der Waals surface area contributed by atoms with E-state index in [1.807, 2.05) is 30.3 Å². The van der Waals surface area contributed by atoms with E-state index in [1.165, 1.54) is 16.4 Å². The second-order valence-electron chi connectivity index (χ2n) is 7.77. The van der Waals surface area contributed by atoms with Crippen LogP contribution in [0.2, 0.25) is 0 Å². The van der Waals surface area contributed by atoms with Crippen molar-refractivity contribution in [2.24, 2.45) is 0 Å². The van der Waals surface area contributed by atoms with E-state index in [2.05, 4.69) is 10.6 Å². The molecular weight excluding hydrogens is 432 g/mol. The average molecular weight is 459 g/mol. The van der Waals surface area contributed by atoms with E-state index in [0.29, 0.717) is 31.1 Å². The van der Waals surface area contributed by atoms with E-state index in [0.717, 1.165) is 12.0 Å². The standard InChI is InChI=1S/C22H26N4O5S/c1-16-21(27)24-19-15-18(7-8-20(19)31-16)32(29,30)26-13-11-25(12-14-26)22(28)23-10-9-17-5-3-2-4-6-17/h2-8,15-16H,9-14H2,1H3,(H,23,28)(H,24,27). The topological polar surface area (TPSA) is 108 Å². The molecule has 0 aromatic heterocycles. The Morgan fingerprint density at radius 1 is 1.12 bits per heavy atom. The largest absolute Gasteiger partial charge is 0.479 e. The van der Waals surface area contributed by atoms with Gasteiger partial charge in [-0.2, -0.15) is 4.31 Å². The van der Waals surface area contributed by atoms with Crippen molar-refractivity contribution in [3.8, 4) is 5.75 Å². The van der Waals surface area contributed by atoms with Crippen LogP contribution in [0.25, 0.3) is 0 Å². The zero-order valence-electron chi connectivity index (χ0n) is 17.8. The number of rotatable bonds is 5. The summed E-state index contributed by atoms with van der Waals surface area (Å²) in [5.41, 5.74) is 1.48. The maximum Gasteiger partial charge on any atom is 0.317 e. The Bertz CT molecular complexity index is 1100. The fourth-order valence-corrected chi connectivity index (χ4v) is 5.15. The van der Waals surface area contributed by atoms with E-state index in [1.54, 1.807) is 17.9 Å². The molecule has 3 amide bonds. The summed E-state index contributed by atoms with van der Waals surface area (Å²) in [6, 6.07) is 14.1. The number of nitrogens with one attached hydrogen (secondary N) is 2. The first-order valence-electron chi connectivity index (χ1n) is 10.5. The van der Waals surface area contributed by atoms with Crippen LogP contribution in [0.1, 0.15) is 12.5 Å². The summed E-state index contributed by atoms with van der Waals surface area (Å²) in [5.74, 6) is 0.118. The van der Waals surface area contributed by atoms with E-state index in [4.69, 9.17) is 4.74 Å². The number of piperazine rings is 1. The van der Waals surface area contributed by atoms with Crippen molar-refractivity contribution in [1.82, 2.24) is 14.5 Å². The van der Waals surface area contributed by atoms with Gasteiger partial charge in [-0.1, -0.05) is 30.3 Å². The molecule has 0 spiro atoms. The van der Waals surface area contributed by atoms with Crippen LogP contribution in [0, 0.1) is 0 Å². The summed E-state index contributed by atoms with van der Waals surface area (Å²) in [4.78, 5) is 26.0. The number of carbonyl (C=O) groups is 2. The van der Waals surface area contributed by atoms with Crippen LogP contribution in [0.5, 0.6) is 5.75 Å². The molecule has 1 fully saturated rings. The molecule has 2 aliphatic rings. The van der Waals surface area contributed by atoms with Gasteiger partial charge in [0.05, 0.1) is 10.6 Å². The van der Waals surface area contributed by atoms with Crippen molar-refractivity contribution in [3.63, 3.8) is 0 Å². The molecule has 0 bridgehead atoms. The molecule has 2 aromatic rings. The van der Waals surface area contributed by atoms with Gasteiger partial charge in [0, 0.05) is 32.7 Å². The first-order valence-corrected chi connectivity index (χ1v) is 12.0. The maximum atomic E-state index is 13.1. The van der Waals surface area contributed by atoms with E-state index in [9.17, 15) is 18.0 Å². The average Bonchev–Trinajstić information content (AvgIpc) is 2.80. The van der Waals surface area contributed by atoms with E-state index >= 15 is 0 Å². The van der Waals surface area contributed by atoms with Crippen molar-refractivity contribution >= 4 is 27.6 Å². The molecule has 0 radical (unpaired) electrons. The van der Waals surface area contributed by atoms with Crippen LogP contribution in [-0.4, -0.2) is 68.4 Å². The lowest BCUT2D eigenvalue weighted by Crippen LogP contribution is -2.53. The SMILES string of the molecule is CC1Oc2ccc(S(=O)(=O)N3CCN(C(=O)NCCc4ccccc4)CC3)cc2NC1=O. The lowest BCUT2D eigenvalue weighted by molar-refractivity contribution is -0.122. The molecule has 2 N–H and O–H groups in total. The first-order chi connectivity index (χ1) is 15.3. The molecule has 0 aliphatic carbocycles. The van der Waals surface area contributed by atoms with Crippen LogP contribution in [0.3, 0.4) is 0 Å². The summed E-state index contributed by atoms with van der Waals surface area (Å²) < 4.78 is 33.0. The zero-order chi connectivity index (χ0) is 22.7. The van der Waals surface area contributed by atoms with Gasteiger partial charge >= 0.3 is 6.03 Å². The van der Waals surface area contributed by atoms with Gasteiger partial charge in [0.1, 0.15) is 5.75 Å². The van der Waals surface area contributed by atoms with Gasteiger partial charge in [0.2, 0.25) is 10.0 Å². The number of urea groups is 1. The van der Waals surface area contributed by atoms with Gasteiger partial charge in [-0.05, 0) is 37.1 Å². The number of amides is 3. The quantitative estimate of drug-likeness (QED) is 0.709. The van der Waals surface area contributed by atoms with Gasteiger partial charge in [-0.15, -0.1) is 0 Å². The minimum atomic E-state index is -3.76. The molecule has 9 nitrogen and oxygen atoms in total. The third-order valence-electron chi connectivity index (χ3n) is 5.58. The van der Waals surface area contributed by atoms with Crippen molar-refractivity contribution in [1.29, 1.82) is 0 Å². The molecule has 170 valence electrons. The highest BCUT2D eigenvalue weighted by atomic mass is 32.2. The summed E-state index contributed by atoms with van der Waals surface area (Å²) in [6.45, 7) is 3.15. The van der Waals surface area contributed by atoms with Gasteiger partial charge in [-0.3, -0.25) is 4.79 Å². The third-order valence-corrected chi connectivity index (χ3v) is 7.47. The summed E-state index contributed by atoms with van der Waals surface area (Å²) in [7, 11) is -3.76. The normalized spacial score (nSPS) is 19.0. The Hall–Kier alpha value is -3.11. The molecule has 4 rings (SSSR count). The lowest BCUT2D eigenvalue weighted by atomic mass is 10.1. The highest BCUT2D eigenvalue weighted by Gasteiger charge is 2.32. The monoisotopic (exact) mass is 458 g/mol. The van der Waals surface area contributed by atoms with E-state index in [-0.39, 0.29) is 29.9 Å². The minimum absolute atomic E-state index is 0.0791. The third kappa shape index (κ3) is 4.71. The summed E-state index contributed by atoms with van der Waals surface area (Å²) in [5, 5.41) is 5.56. The van der Waals surface area contributed by atoms with Crippen molar-refractivity contribution < 1.29 is 22.7 Å². The molecule has 10 heteroatoms. The number of anilines is 1.